The maximum absolute atomic E-state index is 12.2. The van der Waals surface area contributed by atoms with Crippen LogP contribution in [-0.4, -0.2) is 72.2 Å². The van der Waals surface area contributed by atoms with Gasteiger partial charge in [-0.25, -0.2) is 0 Å². The van der Waals surface area contributed by atoms with Gasteiger partial charge in [-0.2, -0.15) is 0 Å². The molecule has 1 heterocycles. The van der Waals surface area contributed by atoms with E-state index in [0.717, 1.165) is 32.1 Å². The molecule has 0 radical (unpaired) electrons. The molecule has 10 heteroatoms. The summed E-state index contributed by atoms with van der Waals surface area (Å²) in [5.41, 5.74) is 2.16. The molecular weight excluding hydrogens is 556 g/mol. The van der Waals surface area contributed by atoms with Crippen molar-refractivity contribution in [2.45, 2.75) is 123 Å². The van der Waals surface area contributed by atoms with Crippen LogP contribution in [-0.2, 0) is 42.9 Å². The van der Waals surface area contributed by atoms with E-state index < -0.39 is 54.7 Å². The summed E-state index contributed by atoms with van der Waals surface area (Å²) < 4.78 is 28.5. The van der Waals surface area contributed by atoms with Crippen molar-refractivity contribution in [2.24, 2.45) is 28.6 Å². The molecule has 5 aliphatic rings. The number of rotatable bonds is 6. The monoisotopic (exact) mass is 602 g/mol. The fraction of sp³-hybridized carbons (Fsp3) is 0.758. The van der Waals surface area contributed by atoms with Gasteiger partial charge in [0.25, 0.3) is 0 Å². The van der Waals surface area contributed by atoms with Crippen molar-refractivity contribution in [1.29, 1.82) is 0 Å². The Kier molecular flexibility index (Phi) is 8.95. The van der Waals surface area contributed by atoms with Gasteiger partial charge in [0.15, 0.2) is 30.4 Å². The van der Waals surface area contributed by atoms with Crippen molar-refractivity contribution < 1.29 is 48.0 Å². The first-order chi connectivity index (χ1) is 20.2. The molecule has 0 unspecified atom stereocenters. The van der Waals surface area contributed by atoms with Crippen LogP contribution in [0.2, 0.25) is 0 Å². The molecule has 0 spiro atoms. The van der Waals surface area contributed by atoms with E-state index in [2.05, 4.69) is 19.9 Å². The van der Waals surface area contributed by atoms with Crippen LogP contribution in [0.4, 0.5) is 0 Å². The van der Waals surface area contributed by atoms with Gasteiger partial charge in [-0.05, 0) is 80.1 Å². The van der Waals surface area contributed by atoms with E-state index in [1.807, 2.05) is 6.08 Å². The van der Waals surface area contributed by atoms with Crippen LogP contribution < -0.4 is 0 Å². The summed E-state index contributed by atoms with van der Waals surface area (Å²) in [4.78, 5) is 47.9. The third-order valence-electron chi connectivity index (χ3n) is 11.0. The Bertz CT molecular complexity index is 1210. The van der Waals surface area contributed by atoms with Gasteiger partial charge in [-0.1, -0.05) is 31.1 Å². The molecule has 1 saturated heterocycles. The van der Waals surface area contributed by atoms with E-state index in [1.54, 1.807) is 6.92 Å². The van der Waals surface area contributed by atoms with Crippen molar-refractivity contribution in [1.82, 2.24) is 0 Å². The maximum atomic E-state index is 12.2. The highest BCUT2D eigenvalue weighted by atomic mass is 16.7. The van der Waals surface area contributed by atoms with Gasteiger partial charge >= 0.3 is 17.9 Å². The predicted molar refractivity (Wildman–Crippen MR) is 153 cm³/mol. The molecule has 0 bridgehead atoms. The molecule has 5 rings (SSSR count). The minimum atomic E-state index is -1.14. The van der Waals surface area contributed by atoms with Gasteiger partial charge in [0.2, 0.25) is 0 Å². The summed E-state index contributed by atoms with van der Waals surface area (Å²) >= 11 is 0. The van der Waals surface area contributed by atoms with Crippen LogP contribution in [0.1, 0.15) is 86.5 Å². The normalized spacial score (nSPS) is 43.1. The Morgan fingerprint density at radius 3 is 2.28 bits per heavy atom. The summed E-state index contributed by atoms with van der Waals surface area (Å²) in [5, 5.41) is 11.7. The van der Waals surface area contributed by atoms with Crippen molar-refractivity contribution in [2.75, 3.05) is 6.61 Å². The number of fused-ring (bicyclic) bond motifs is 5. The fourth-order valence-corrected chi connectivity index (χ4v) is 9.22. The molecule has 4 fully saturated rings. The molecule has 0 amide bonds. The van der Waals surface area contributed by atoms with E-state index in [9.17, 15) is 24.3 Å². The Labute approximate surface area is 253 Å². The molecule has 43 heavy (non-hydrogen) atoms. The standard InChI is InChI=1S/C33H46O10/c1-17-28(41-18(2)34)29(42-19(3)35)30(43-20(4)36)31(40-17)39-14-12-21-8-10-25-24-9-7-22-15-23(37)11-13-32(22,5)27(24)26(38)16-33(21,25)6/h12,15,17,24-31,38H,7-11,13-14,16H2,1-6H3/b21-12+/t17-,24-,25-,26-,27+,28-,29+,30+,31+,32-,33+/m0/s1. The van der Waals surface area contributed by atoms with E-state index in [-0.39, 0.29) is 29.1 Å². The number of aliphatic hydroxyl groups is 1. The van der Waals surface area contributed by atoms with Gasteiger partial charge in [0, 0.05) is 27.2 Å². The largest absolute Gasteiger partial charge is 0.456 e. The summed E-state index contributed by atoms with van der Waals surface area (Å²) in [5.74, 6) is -0.644. The van der Waals surface area contributed by atoms with Crippen LogP contribution in [0, 0.1) is 28.6 Å². The highest BCUT2D eigenvalue weighted by molar-refractivity contribution is 5.91. The Morgan fingerprint density at radius 1 is 0.953 bits per heavy atom. The van der Waals surface area contributed by atoms with E-state index in [1.165, 1.54) is 31.9 Å². The lowest BCUT2D eigenvalue weighted by atomic mass is 9.46. The number of allylic oxidation sites excluding steroid dienone is 2. The summed E-state index contributed by atoms with van der Waals surface area (Å²) in [6.45, 7) is 10.1. The molecule has 4 aliphatic carbocycles. The van der Waals surface area contributed by atoms with Crippen molar-refractivity contribution in [3.63, 3.8) is 0 Å². The number of ether oxygens (including phenoxy) is 5. The second-order valence-electron chi connectivity index (χ2n) is 13.6. The predicted octanol–water partition coefficient (Wildman–Crippen LogP) is 3.97. The number of hydrogen-bond donors (Lipinski definition) is 1. The van der Waals surface area contributed by atoms with E-state index >= 15 is 0 Å². The first kappa shape index (κ1) is 31.9. The van der Waals surface area contributed by atoms with Crippen molar-refractivity contribution >= 4 is 23.7 Å². The number of aliphatic hydroxyl groups excluding tert-OH is 1. The molecule has 3 saturated carbocycles. The SMILES string of the molecule is CC(=O)O[C@@H]1[C@@H](OC(C)=O)[C@H](C)O[C@@H](OC/C=C2\CC[C@H]3[C@@H]4CCC5=CC(=O)CC[C@]5(C)[C@H]4[C@@H](O)C[C@]23C)[C@@H]1OC(C)=O. The average molecular weight is 603 g/mol. The highest BCUT2D eigenvalue weighted by Crippen LogP contribution is 2.66. The van der Waals surface area contributed by atoms with Gasteiger partial charge in [0.05, 0.1) is 18.8 Å². The maximum Gasteiger partial charge on any atom is 0.303 e. The van der Waals surface area contributed by atoms with Crippen LogP contribution in [0.25, 0.3) is 0 Å². The van der Waals surface area contributed by atoms with Crippen molar-refractivity contribution in [3.05, 3.63) is 23.3 Å². The van der Waals surface area contributed by atoms with Gasteiger partial charge in [0.1, 0.15) is 0 Å². The van der Waals surface area contributed by atoms with E-state index in [4.69, 9.17) is 23.7 Å². The van der Waals surface area contributed by atoms with Crippen LogP contribution in [0.5, 0.6) is 0 Å². The smallest absolute Gasteiger partial charge is 0.303 e. The summed E-state index contributed by atoms with van der Waals surface area (Å²) in [6, 6.07) is 0. The summed E-state index contributed by atoms with van der Waals surface area (Å²) in [7, 11) is 0. The molecule has 238 valence electrons. The zero-order valence-corrected chi connectivity index (χ0v) is 26.1. The molecule has 0 aromatic rings. The van der Waals surface area contributed by atoms with Crippen LogP contribution in [0.15, 0.2) is 23.3 Å². The average Bonchev–Trinajstić information content (AvgIpc) is 3.23. The summed E-state index contributed by atoms with van der Waals surface area (Å²) in [6.07, 6.45) is 4.33. The first-order valence-electron chi connectivity index (χ1n) is 15.6. The Balaban J connectivity index is 1.33. The lowest BCUT2D eigenvalue weighted by molar-refractivity contribution is -0.298. The van der Waals surface area contributed by atoms with Crippen LogP contribution in [0.3, 0.4) is 0 Å². The lowest BCUT2D eigenvalue weighted by Gasteiger charge is -2.59. The molecule has 10 nitrogen and oxygen atoms in total. The first-order valence-corrected chi connectivity index (χ1v) is 15.6. The molecule has 0 aromatic heterocycles. The lowest BCUT2D eigenvalue weighted by Crippen LogP contribution is -2.61. The van der Waals surface area contributed by atoms with E-state index in [0.29, 0.717) is 24.7 Å². The van der Waals surface area contributed by atoms with Crippen molar-refractivity contribution in [3.8, 4) is 0 Å². The van der Waals surface area contributed by atoms with Crippen LogP contribution >= 0.6 is 0 Å². The number of carbonyl (C=O) groups excluding carboxylic acids is 4. The quantitative estimate of drug-likeness (QED) is 0.270. The zero-order chi connectivity index (χ0) is 31.3. The van der Waals surface area contributed by atoms with Gasteiger partial charge in [-0.15, -0.1) is 0 Å². The third kappa shape index (κ3) is 5.94. The fourth-order valence-electron chi connectivity index (χ4n) is 9.22. The van der Waals surface area contributed by atoms with Gasteiger partial charge < -0.3 is 28.8 Å². The highest BCUT2D eigenvalue weighted by Gasteiger charge is 2.60. The zero-order valence-electron chi connectivity index (χ0n) is 26.1. The van der Waals surface area contributed by atoms with Gasteiger partial charge in [-0.3, -0.25) is 19.2 Å². The molecule has 11 atom stereocenters. The number of esters is 3. The Morgan fingerprint density at radius 2 is 1.60 bits per heavy atom. The topological polar surface area (TPSA) is 135 Å². The number of ketones is 1. The number of hydrogen-bond acceptors (Lipinski definition) is 10. The molecule has 1 N–H and O–H groups in total. The molecular formula is C33H46O10. The molecule has 1 aliphatic heterocycles. The minimum absolute atomic E-state index is 0.129. The Hall–Kier alpha value is -2.56. The second-order valence-corrected chi connectivity index (χ2v) is 13.6. The minimum Gasteiger partial charge on any atom is -0.456 e. The third-order valence-corrected chi connectivity index (χ3v) is 11.0. The number of carbonyl (C=O) groups is 4. The second kappa shape index (κ2) is 12.1. The molecule has 0 aromatic carbocycles.